The Labute approximate surface area is 183 Å². The molecule has 1 N–H and O–H groups in total. The summed E-state index contributed by atoms with van der Waals surface area (Å²) in [4.78, 5) is 38.5. The molecule has 1 atom stereocenters. The number of carbonyl (C=O) groups is 2. The van der Waals surface area contributed by atoms with Crippen LogP contribution in [0.2, 0.25) is 0 Å². The third kappa shape index (κ3) is 5.58. The number of esters is 1. The summed E-state index contributed by atoms with van der Waals surface area (Å²) in [7, 11) is 0. The number of hydrogen-bond donors (Lipinski definition) is 1. The molecule has 0 saturated heterocycles. The summed E-state index contributed by atoms with van der Waals surface area (Å²) >= 11 is 1.42. The summed E-state index contributed by atoms with van der Waals surface area (Å²) in [5.74, 6) is -1.72. The van der Waals surface area contributed by atoms with Crippen molar-refractivity contribution in [3.63, 3.8) is 0 Å². The Morgan fingerprint density at radius 2 is 1.97 bits per heavy atom. The fourth-order valence-electron chi connectivity index (χ4n) is 2.77. The van der Waals surface area contributed by atoms with Gasteiger partial charge in [-0.15, -0.1) is 11.3 Å². The molecule has 1 heterocycles. The number of non-ortho nitro benzene ring substituents is 1. The predicted octanol–water partition coefficient (Wildman–Crippen LogP) is 4.73. The normalized spacial score (nSPS) is 12.4. The smallest absolute Gasteiger partial charge is 0.418 e. The molecule has 0 fully saturated rings. The molecule has 168 valence electrons. The second-order valence-electron chi connectivity index (χ2n) is 6.68. The Morgan fingerprint density at radius 3 is 2.62 bits per heavy atom. The highest BCUT2D eigenvalue weighted by Crippen LogP contribution is 2.37. The van der Waals surface area contributed by atoms with E-state index < -0.39 is 46.0 Å². The fraction of sp³-hybridized carbons (Fsp3) is 0.250. The molecule has 0 bridgehead atoms. The number of benzene rings is 2. The maximum absolute atomic E-state index is 13.2. The molecule has 0 aliphatic heterocycles. The molecule has 1 unspecified atom stereocenters. The van der Waals surface area contributed by atoms with Gasteiger partial charge in [-0.2, -0.15) is 13.2 Å². The van der Waals surface area contributed by atoms with Crippen molar-refractivity contribution in [2.75, 3.05) is 5.32 Å². The highest BCUT2D eigenvalue weighted by molar-refractivity contribution is 7.18. The summed E-state index contributed by atoms with van der Waals surface area (Å²) < 4.78 is 45.7. The average molecular weight is 467 g/mol. The maximum Gasteiger partial charge on any atom is 0.418 e. The minimum Gasteiger partial charge on any atom is -0.453 e. The molecule has 2 aromatic carbocycles. The molecule has 12 heteroatoms. The first-order chi connectivity index (χ1) is 15.0. The number of rotatable bonds is 7. The van der Waals surface area contributed by atoms with Gasteiger partial charge in [0.1, 0.15) is 0 Å². The highest BCUT2D eigenvalue weighted by Gasteiger charge is 2.36. The van der Waals surface area contributed by atoms with Crippen LogP contribution < -0.4 is 5.32 Å². The van der Waals surface area contributed by atoms with Crippen LogP contribution in [0, 0.1) is 10.1 Å². The van der Waals surface area contributed by atoms with Crippen LogP contribution in [0.1, 0.15) is 23.9 Å². The van der Waals surface area contributed by atoms with Crippen molar-refractivity contribution in [3.05, 3.63) is 63.1 Å². The number of amides is 1. The van der Waals surface area contributed by atoms with E-state index in [1.54, 1.807) is 0 Å². The number of ether oxygens (including phenoxy) is 1. The molecule has 1 aromatic heterocycles. The molecule has 0 aliphatic rings. The number of nitrogens with one attached hydrogen (secondary N) is 1. The number of aryl methyl sites for hydroxylation is 1. The number of anilines is 1. The molecule has 1 amide bonds. The number of carbonyl (C=O) groups excluding carboxylic acids is 2. The van der Waals surface area contributed by atoms with E-state index in [2.05, 4.69) is 4.98 Å². The van der Waals surface area contributed by atoms with Crippen LogP contribution in [0.25, 0.3) is 10.2 Å². The Hall–Kier alpha value is -3.54. The van der Waals surface area contributed by atoms with Crippen LogP contribution >= 0.6 is 11.3 Å². The van der Waals surface area contributed by atoms with Gasteiger partial charge in [0, 0.05) is 18.6 Å². The third-order valence-corrected chi connectivity index (χ3v) is 5.43. The molecule has 3 aromatic rings. The van der Waals surface area contributed by atoms with E-state index in [1.165, 1.54) is 18.3 Å². The number of thiazole rings is 1. The van der Waals surface area contributed by atoms with Gasteiger partial charge in [-0.1, -0.05) is 12.1 Å². The van der Waals surface area contributed by atoms with Crippen LogP contribution in [-0.2, 0) is 26.9 Å². The summed E-state index contributed by atoms with van der Waals surface area (Å²) in [5.41, 5.74) is -2.03. The lowest BCUT2D eigenvalue weighted by atomic mass is 10.1. The molecular weight excluding hydrogens is 451 g/mol. The molecule has 0 spiro atoms. The van der Waals surface area contributed by atoms with Gasteiger partial charge in [0.2, 0.25) is 0 Å². The van der Waals surface area contributed by atoms with Crippen LogP contribution in [0.3, 0.4) is 0 Å². The highest BCUT2D eigenvalue weighted by atomic mass is 32.1. The second-order valence-corrected chi connectivity index (χ2v) is 7.80. The van der Waals surface area contributed by atoms with E-state index in [1.807, 2.05) is 29.6 Å². The van der Waals surface area contributed by atoms with Gasteiger partial charge in [-0.05, 0) is 25.1 Å². The lowest BCUT2D eigenvalue weighted by Crippen LogP contribution is -2.30. The Balaban J connectivity index is 1.60. The van der Waals surface area contributed by atoms with Gasteiger partial charge in [0.25, 0.3) is 11.6 Å². The van der Waals surface area contributed by atoms with Crippen LogP contribution in [0.5, 0.6) is 0 Å². The second kappa shape index (κ2) is 9.30. The summed E-state index contributed by atoms with van der Waals surface area (Å²) in [6.07, 6.45) is -6.10. The van der Waals surface area contributed by atoms with E-state index in [-0.39, 0.29) is 12.8 Å². The lowest BCUT2D eigenvalue weighted by molar-refractivity contribution is -0.385. The number of alkyl halides is 3. The number of fused-ring (bicyclic) bond motifs is 1. The first-order valence-electron chi connectivity index (χ1n) is 9.25. The van der Waals surface area contributed by atoms with Crippen molar-refractivity contribution in [2.45, 2.75) is 32.0 Å². The first kappa shape index (κ1) is 23.1. The monoisotopic (exact) mass is 467 g/mol. The molecule has 0 saturated carbocycles. The minimum absolute atomic E-state index is 0.0667. The van der Waals surface area contributed by atoms with Crippen molar-refractivity contribution < 1.29 is 32.4 Å². The van der Waals surface area contributed by atoms with Crippen molar-refractivity contribution >= 4 is 44.8 Å². The number of halogens is 3. The average Bonchev–Trinajstić information content (AvgIpc) is 3.14. The zero-order chi connectivity index (χ0) is 23.5. The molecule has 0 aliphatic carbocycles. The van der Waals surface area contributed by atoms with Crippen molar-refractivity contribution in [3.8, 4) is 0 Å². The number of nitro groups is 1. The van der Waals surface area contributed by atoms with Crippen LogP contribution in [0.4, 0.5) is 24.5 Å². The molecule has 32 heavy (non-hydrogen) atoms. The quantitative estimate of drug-likeness (QED) is 0.306. The van der Waals surface area contributed by atoms with Gasteiger partial charge in [0.15, 0.2) is 6.10 Å². The van der Waals surface area contributed by atoms with Crippen LogP contribution in [0.15, 0.2) is 42.5 Å². The van der Waals surface area contributed by atoms with Crippen molar-refractivity contribution in [1.82, 2.24) is 4.98 Å². The molecular formula is C20H16F3N3O5S. The Kier molecular flexibility index (Phi) is 6.72. The topological polar surface area (TPSA) is 111 Å². The summed E-state index contributed by atoms with van der Waals surface area (Å²) in [6, 6.07) is 9.38. The number of nitrogens with zero attached hydrogens (tertiary/aromatic N) is 2. The van der Waals surface area contributed by atoms with E-state index in [4.69, 9.17) is 4.74 Å². The largest absolute Gasteiger partial charge is 0.453 e. The van der Waals surface area contributed by atoms with Crippen LogP contribution in [-0.4, -0.2) is 27.9 Å². The van der Waals surface area contributed by atoms with E-state index in [0.717, 1.165) is 22.3 Å². The SMILES string of the molecule is CC(OC(=O)CCc1nc2ccccc2s1)C(=O)Nc1ccc([N+](=O)[O-])cc1C(F)(F)F. The molecule has 8 nitrogen and oxygen atoms in total. The standard InChI is InChI=1S/C20H16F3N3O5S/c1-11(31-18(27)9-8-17-24-15-4-2-3-5-16(15)32-17)19(28)25-14-7-6-12(26(29)30)10-13(14)20(21,22)23/h2-7,10-11H,8-9H2,1H3,(H,25,28). The Morgan fingerprint density at radius 1 is 1.25 bits per heavy atom. The number of aromatic nitrogens is 1. The minimum atomic E-state index is -4.94. The van der Waals surface area contributed by atoms with Gasteiger partial charge < -0.3 is 10.1 Å². The number of para-hydroxylation sites is 1. The van der Waals surface area contributed by atoms with Crippen molar-refractivity contribution in [2.24, 2.45) is 0 Å². The van der Waals surface area contributed by atoms with Gasteiger partial charge >= 0.3 is 12.1 Å². The summed E-state index contributed by atoms with van der Waals surface area (Å²) in [6.45, 7) is 1.21. The molecule has 0 radical (unpaired) electrons. The summed E-state index contributed by atoms with van der Waals surface area (Å²) in [5, 5.41) is 13.5. The van der Waals surface area contributed by atoms with E-state index in [0.29, 0.717) is 11.1 Å². The molecule has 3 rings (SSSR count). The maximum atomic E-state index is 13.2. The number of nitro benzene ring substituents is 1. The Bertz CT molecular complexity index is 1150. The fourth-order valence-corrected chi connectivity index (χ4v) is 3.74. The van der Waals surface area contributed by atoms with Gasteiger partial charge in [-0.3, -0.25) is 19.7 Å². The predicted molar refractivity (Wildman–Crippen MR) is 110 cm³/mol. The lowest BCUT2D eigenvalue weighted by Gasteiger charge is -2.16. The third-order valence-electron chi connectivity index (χ3n) is 4.34. The van der Waals surface area contributed by atoms with E-state index >= 15 is 0 Å². The zero-order valence-corrected chi connectivity index (χ0v) is 17.3. The first-order valence-corrected chi connectivity index (χ1v) is 10.1. The number of hydrogen-bond acceptors (Lipinski definition) is 7. The zero-order valence-electron chi connectivity index (χ0n) is 16.5. The van der Waals surface area contributed by atoms with Gasteiger partial charge in [0.05, 0.1) is 37.8 Å². The van der Waals surface area contributed by atoms with Gasteiger partial charge in [-0.25, -0.2) is 4.98 Å². The van der Waals surface area contributed by atoms with E-state index in [9.17, 15) is 32.9 Å². The van der Waals surface area contributed by atoms with Crippen molar-refractivity contribution in [1.29, 1.82) is 0 Å².